The van der Waals surface area contributed by atoms with Gasteiger partial charge in [-0.05, 0) is 55.7 Å². The number of benzene rings is 1. The van der Waals surface area contributed by atoms with Crippen LogP contribution >= 0.6 is 0 Å². The van der Waals surface area contributed by atoms with E-state index in [1.54, 1.807) is 6.20 Å². The molecule has 3 heteroatoms. The topological polar surface area (TPSA) is 48.1 Å². The summed E-state index contributed by atoms with van der Waals surface area (Å²) in [7, 11) is 0. The number of nitrogens with zero attached hydrogens (tertiary/aromatic N) is 1. The number of rotatable bonds is 3. The number of aromatic nitrogens is 1. The number of hydrogen-bond acceptors (Lipinski definition) is 3. The predicted octanol–water partition coefficient (Wildman–Crippen LogP) is 3.26. The minimum absolute atomic E-state index is 0.447. The first-order valence-corrected chi connectivity index (χ1v) is 6.01. The molecule has 1 heterocycles. The maximum absolute atomic E-state index is 5.84. The van der Waals surface area contributed by atoms with Crippen molar-refractivity contribution in [3.05, 3.63) is 52.8 Å². The highest BCUT2D eigenvalue weighted by Crippen LogP contribution is 2.27. The Morgan fingerprint density at radius 1 is 1.06 bits per heavy atom. The Kier molecular flexibility index (Phi) is 3.63. The molecule has 0 fully saturated rings. The van der Waals surface area contributed by atoms with Crippen molar-refractivity contribution < 1.29 is 4.74 Å². The summed E-state index contributed by atoms with van der Waals surface area (Å²) in [5.74, 6) is 1.61. The SMILES string of the molecule is Cc1cc(C)c(Oc2ccc(CN)nc2)cc1C. The van der Waals surface area contributed by atoms with Crippen LogP contribution in [0.1, 0.15) is 22.4 Å². The normalized spacial score (nSPS) is 10.4. The summed E-state index contributed by atoms with van der Waals surface area (Å²) in [6.07, 6.45) is 1.71. The third kappa shape index (κ3) is 2.68. The second kappa shape index (κ2) is 5.19. The second-order valence-electron chi connectivity index (χ2n) is 4.49. The van der Waals surface area contributed by atoms with Crippen molar-refractivity contribution in [3.63, 3.8) is 0 Å². The highest BCUT2D eigenvalue weighted by Gasteiger charge is 2.04. The molecule has 0 aliphatic rings. The van der Waals surface area contributed by atoms with Crippen LogP contribution in [0.2, 0.25) is 0 Å². The van der Waals surface area contributed by atoms with Gasteiger partial charge in [-0.15, -0.1) is 0 Å². The van der Waals surface area contributed by atoms with E-state index in [9.17, 15) is 0 Å². The molecule has 0 aliphatic heterocycles. The van der Waals surface area contributed by atoms with E-state index < -0.39 is 0 Å². The van der Waals surface area contributed by atoms with Crippen molar-refractivity contribution in [3.8, 4) is 11.5 Å². The third-order valence-corrected chi connectivity index (χ3v) is 3.03. The van der Waals surface area contributed by atoms with Gasteiger partial charge in [0, 0.05) is 6.54 Å². The Bertz CT molecular complexity index is 547. The number of nitrogens with two attached hydrogens (primary N) is 1. The van der Waals surface area contributed by atoms with Gasteiger partial charge in [0.25, 0.3) is 0 Å². The van der Waals surface area contributed by atoms with Crippen molar-refractivity contribution in [2.24, 2.45) is 5.73 Å². The molecule has 0 spiro atoms. The van der Waals surface area contributed by atoms with Crippen molar-refractivity contribution in [2.45, 2.75) is 27.3 Å². The van der Waals surface area contributed by atoms with E-state index in [-0.39, 0.29) is 0 Å². The predicted molar refractivity (Wildman–Crippen MR) is 72.9 cm³/mol. The van der Waals surface area contributed by atoms with Gasteiger partial charge in [-0.2, -0.15) is 0 Å². The zero-order chi connectivity index (χ0) is 13.1. The van der Waals surface area contributed by atoms with E-state index in [1.165, 1.54) is 11.1 Å². The first kappa shape index (κ1) is 12.6. The van der Waals surface area contributed by atoms with Crippen molar-refractivity contribution in [1.82, 2.24) is 4.98 Å². The van der Waals surface area contributed by atoms with Crippen molar-refractivity contribution in [1.29, 1.82) is 0 Å². The molecule has 1 aromatic carbocycles. The van der Waals surface area contributed by atoms with Gasteiger partial charge in [0.1, 0.15) is 11.5 Å². The highest BCUT2D eigenvalue weighted by molar-refractivity contribution is 5.43. The molecule has 0 atom stereocenters. The summed E-state index contributed by atoms with van der Waals surface area (Å²) in [5.41, 5.74) is 9.99. The Labute approximate surface area is 108 Å². The fourth-order valence-corrected chi connectivity index (χ4v) is 1.76. The molecular formula is C15H18N2O. The Balaban J connectivity index is 2.25. The molecule has 0 saturated heterocycles. The number of ether oxygens (including phenoxy) is 1. The van der Waals surface area contributed by atoms with Crippen molar-refractivity contribution in [2.75, 3.05) is 0 Å². The average molecular weight is 242 g/mol. The zero-order valence-corrected chi connectivity index (χ0v) is 11.0. The van der Waals surface area contributed by atoms with Gasteiger partial charge < -0.3 is 10.5 Å². The Hall–Kier alpha value is -1.87. The quantitative estimate of drug-likeness (QED) is 0.898. The molecule has 0 bridgehead atoms. The van der Waals surface area contributed by atoms with E-state index in [4.69, 9.17) is 10.5 Å². The molecule has 2 rings (SSSR count). The molecule has 0 unspecified atom stereocenters. The largest absolute Gasteiger partial charge is 0.455 e. The molecule has 0 aliphatic carbocycles. The average Bonchev–Trinajstić information content (AvgIpc) is 2.37. The summed E-state index contributed by atoms with van der Waals surface area (Å²) in [5, 5.41) is 0. The maximum Gasteiger partial charge on any atom is 0.145 e. The minimum Gasteiger partial charge on any atom is -0.455 e. The highest BCUT2D eigenvalue weighted by atomic mass is 16.5. The Morgan fingerprint density at radius 3 is 2.39 bits per heavy atom. The van der Waals surface area contributed by atoms with Crippen LogP contribution in [0.3, 0.4) is 0 Å². The number of pyridine rings is 1. The van der Waals surface area contributed by atoms with Crippen LogP contribution in [0.15, 0.2) is 30.5 Å². The first-order valence-electron chi connectivity index (χ1n) is 6.01. The van der Waals surface area contributed by atoms with Gasteiger partial charge in [-0.25, -0.2) is 0 Å². The fraction of sp³-hybridized carbons (Fsp3) is 0.267. The molecule has 2 aromatic rings. The molecule has 2 N–H and O–H groups in total. The fourth-order valence-electron chi connectivity index (χ4n) is 1.76. The summed E-state index contributed by atoms with van der Waals surface area (Å²) in [6.45, 7) is 6.67. The lowest BCUT2D eigenvalue weighted by Crippen LogP contribution is -1.99. The number of aryl methyl sites for hydroxylation is 3. The molecule has 0 radical (unpaired) electrons. The minimum atomic E-state index is 0.447. The summed E-state index contributed by atoms with van der Waals surface area (Å²) >= 11 is 0. The summed E-state index contributed by atoms with van der Waals surface area (Å²) in [6, 6.07) is 7.96. The molecule has 1 aromatic heterocycles. The van der Waals surface area contributed by atoms with Gasteiger partial charge >= 0.3 is 0 Å². The third-order valence-electron chi connectivity index (χ3n) is 3.03. The van der Waals surface area contributed by atoms with Crippen LogP contribution in [0.25, 0.3) is 0 Å². The lowest BCUT2D eigenvalue weighted by molar-refractivity contribution is 0.475. The Morgan fingerprint density at radius 2 is 1.78 bits per heavy atom. The smallest absolute Gasteiger partial charge is 0.145 e. The van der Waals surface area contributed by atoms with Crippen LogP contribution in [0.4, 0.5) is 0 Å². The molecular weight excluding hydrogens is 224 g/mol. The molecule has 94 valence electrons. The van der Waals surface area contributed by atoms with Gasteiger partial charge in [0.15, 0.2) is 0 Å². The molecule has 3 nitrogen and oxygen atoms in total. The molecule has 18 heavy (non-hydrogen) atoms. The van der Waals surface area contributed by atoms with E-state index >= 15 is 0 Å². The molecule has 0 amide bonds. The molecule has 0 saturated carbocycles. The van der Waals surface area contributed by atoms with E-state index in [0.717, 1.165) is 22.8 Å². The van der Waals surface area contributed by atoms with Crippen LogP contribution < -0.4 is 10.5 Å². The lowest BCUT2D eigenvalue weighted by atomic mass is 10.1. The van der Waals surface area contributed by atoms with Gasteiger partial charge in [0.2, 0.25) is 0 Å². The standard InChI is InChI=1S/C15H18N2O/c1-10-6-12(3)15(7-11(10)2)18-14-5-4-13(8-16)17-9-14/h4-7,9H,8,16H2,1-3H3. The lowest BCUT2D eigenvalue weighted by Gasteiger charge is -2.11. The van der Waals surface area contributed by atoms with Crippen LogP contribution in [0, 0.1) is 20.8 Å². The van der Waals surface area contributed by atoms with Gasteiger partial charge in [-0.3, -0.25) is 4.98 Å². The number of hydrogen-bond donors (Lipinski definition) is 1. The van der Waals surface area contributed by atoms with E-state index in [2.05, 4.69) is 31.0 Å². The second-order valence-corrected chi connectivity index (χ2v) is 4.49. The maximum atomic E-state index is 5.84. The van der Waals surface area contributed by atoms with Crippen LogP contribution in [-0.2, 0) is 6.54 Å². The first-order chi connectivity index (χ1) is 8.60. The zero-order valence-electron chi connectivity index (χ0n) is 11.0. The van der Waals surface area contributed by atoms with Crippen molar-refractivity contribution >= 4 is 0 Å². The van der Waals surface area contributed by atoms with Gasteiger partial charge in [-0.1, -0.05) is 6.07 Å². The monoisotopic (exact) mass is 242 g/mol. The summed E-state index contributed by atoms with van der Waals surface area (Å²) in [4.78, 5) is 4.21. The van der Waals surface area contributed by atoms with Crippen LogP contribution in [-0.4, -0.2) is 4.98 Å². The van der Waals surface area contributed by atoms with E-state index in [1.807, 2.05) is 19.1 Å². The van der Waals surface area contributed by atoms with Crippen LogP contribution in [0.5, 0.6) is 11.5 Å². The van der Waals surface area contributed by atoms with E-state index in [0.29, 0.717) is 6.54 Å². The van der Waals surface area contributed by atoms with Gasteiger partial charge in [0.05, 0.1) is 11.9 Å². The summed E-state index contributed by atoms with van der Waals surface area (Å²) < 4.78 is 5.84.